The van der Waals surface area contributed by atoms with Crippen molar-refractivity contribution in [1.82, 2.24) is 9.55 Å². The van der Waals surface area contributed by atoms with E-state index in [-0.39, 0.29) is 22.9 Å². The van der Waals surface area contributed by atoms with E-state index in [1.165, 1.54) is 22.9 Å². The molecule has 0 unspecified atom stereocenters. The quantitative estimate of drug-likeness (QED) is 0.654. The average molecular weight is 353 g/mol. The number of nitrogens with zero attached hydrogens (tertiary/aromatic N) is 2. The Morgan fingerprint density at radius 2 is 1.96 bits per heavy atom. The van der Waals surface area contributed by atoms with Gasteiger partial charge < -0.3 is 20.1 Å². The molecule has 2 aromatic heterocycles. The molecule has 1 aromatic carbocycles. The molecule has 26 heavy (non-hydrogen) atoms. The molecule has 0 radical (unpaired) electrons. The number of fused-ring (bicyclic) bond motifs is 1. The number of aromatic hydroxyl groups is 2. The Morgan fingerprint density at radius 1 is 1.19 bits per heavy atom. The van der Waals surface area contributed by atoms with Crippen molar-refractivity contribution >= 4 is 22.6 Å². The number of hydrogen-bond acceptors (Lipinski definition) is 5. The number of nitrogens with one attached hydrogen (secondary N) is 1. The molecule has 0 saturated carbocycles. The first-order chi connectivity index (χ1) is 12.5. The summed E-state index contributed by atoms with van der Waals surface area (Å²) >= 11 is 0. The molecular formula is C19H19N3O4. The minimum atomic E-state index is -0.822. The Kier molecular flexibility index (Phi) is 4.88. The molecular weight excluding hydrogens is 334 g/mol. The van der Waals surface area contributed by atoms with Crippen LogP contribution in [0.25, 0.3) is 10.9 Å². The van der Waals surface area contributed by atoms with E-state index >= 15 is 0 Å². The fourth-order valence-corrected chi connectivity index (χ4v) is 2.80. The Bertz CT molecular complexity index is 1030. The van der Waals surface area contributed by atoms with Crippen molar-refractivity contribution in [1.29, 1.82) is 0 Å². The second-order valence-electron chi connectivity index (χ2n) is 5.88. The Morgan fingerprint density at radius 3 is 2.69 bits per heavy atom. The first-order valence-corrected chi connectivity index (χ1v) is 8.34. The number of benzene rings is 1. The van der Waals surface area contributed by atoms with E-state index in [0.29, 0.717) is 17.4 Å². The van der Waals surface area contributed by atoms with Crippen molar-refractivity contribution in [3.63, 3.8) is 0 Å². The number of aryl methyl sites for hydroxylation is 1. The number of carbonyl (C=O) groups is 1. The van der Waals surface area contributed by atoms with Crippen molar-refractivity contribution in [3.05, 3.63) is 58.5 Å². The van der Waals surface area contributed by atoms with Gasteiger partial charge in [0.05, 0.1) is 5.52 Å². The zero-order chi connectivity index (χ0) is 18.7. The van der Waals surface area contributed by atoms with Crippen molar-refractivity contribution in [2.45, 2.75) is 26.3 Å². The van der Waals surface area contributed by atoms with Crippen molar-refractivity contribution in [2.24, 2.45) is 0 Å². The standard InChI is InChI=1S/C19H19N3O4/c1-2-3-11-22-13-8-5-4-7-12(13)16(24)15(19(22)26)18(25)21-17-14(23)9-6-10-20-17/h4-10,23-24H,2-3,11H2,1H3,(H,20,21,25). The number of aromatic nitrogens is 2. The summed E-state index contributed by atoms with van der Waals surface area (Å²) in [5.41, 5.74) is -0.381. The van der Waals surface area contributed by atoms with Gasteiger partial charge in [-0.25, -0.2) is 4.98 Å². The van der Waals surface area contributed by atoms with Gasteiger partial charge in [0, 0.05) is 18.1 Å². The number of hydrogen-bond donors (Lipinski definition) is 3. The number of rotatable bonds is 5. The SMILES string of the molecule is CCCCn1c(=O)c(C(=O)Nc2ncccc2O)c(O)c2ccccc21. The molecule has 7 nitrogen and oxygen atoms in total. The summed E-state index contributed by atoms with van der Waals surface area (Å²) in [4.78, 5) is 29.4. The van der Waals surface area contributed by atoms with E-state index in [4.69, 9.17) is 0 Å². The van der Waals surface area contributed by atoms with Crippen LogP contribution in [0.1, 0.15) is 30.1 Å². The highest BCUT2D eigenvalue weighted by Gasteiger charge is 2.23. The normalized spacial score (nSPS) is 10.8. The summed E-state index contributed by atoms with van der Waals surface area (Å²) in [6.07, 6.45) is 3.04. The van der Waals surface area contributed by atoms with E-state index in [9.17, 15) is 19.8 Å². The molecule has 0 aliphatic rings. The molecule has 0 spiro atoms. The van der Waals surface area contributed by atoms with E-state index < -0.39 is 11.5 Å². The molecule has 0 saturated heterocycles. The van der Waals surface area contributed by atoms with Crippen LogP contribution in [0.15, 0.2) is 47.4 Å². The number of pyridine rings is 2. The summed E-state index contributed by atoms with van der Waals surface area (Å²) in [5, 5.41) is 23.1. The lowest BCUT2D eigenvalue weighted by Gasteiger charge is -2.14. The predicted molar refractivity (Wildman–Crippen MR) is 98.6 cm³/mol. The van der Waals surface area contributed by atoms with E-state index in [1.54, 1.807) is 24.3 Å². The van der Waals surface area contributed by atoms with E-state index in [0.717, 1.165) is 12.8 Å². The fourth-order valence-electron chi connectivity index (χ4n) is 2.80. The van der Waals surface area contributed by atoms with Crippen LogP contribution in [-0.2, 0) is 6.54 Å². The summed E-state index contributed by atoms with van der Waals surface area (Å²) in [5.74, 6) is -1.51. The van der Waals surface area contributed by atoms with Crippen LogP contribution in [0, 0.1) is 0 Å². The minimum Gasteiger partial charge on any atom is -0.506 e. The second-order valence-corrected chi connectivity index (χ2v) is 5.88. The Labute approximate surface area is 149 Å². The number of para-hydroxylation sites is 1. The minimum absolute atomic E-state index is 0.0791. The molecule has 0 fully saturated rings. The molecule has 0 bridgehead atoms. The number of carbonyl (C=O) groups excluding carboxylic acids is 1. The number of anilines is 1. The van der Waals surface area contributed by atoms with Gasteiger partial charge in [-0.05, 0) is 30.7 Å². The first-order valence-electron chi connectivity index (χ1n) is 8.34. The topological polar surface area (TPSA) is 104 Å². The smallest absolute Gasteiger partial charge is 0.267 e. The molecule has 0 atom stereocenters. The van der Waals surface area contributed by atoms with Crippen LogP contribution in [0.5, 0.6) is 11.5 Å². The third-order valence-corrected chi connectivity index (χ3v) is 4.13. The van der Waals surface area contributed by atoms with Gasteiger partial charge >= 0.3 is 0 Å². The van der Waals surface area contributed by atoms with Crippen LogP contribution in [0.3, 0.4) is 0 Å². The van der Waals surface area contributed by atoms with Gasteiger partial charge in [0.15, 0.2) is 11.6 Å². The molecule has 0 aliphatic carbocycles. The van der Waals surface area contributed by atoms with Crippen LogP contribution in [0.4, 0.5) is 5.82 Å². The molecule has 3 N–H and O–H groups in total. The monoisotopic (exact) mass is 353 g/mol. The second kappa shape index (κ2) is 7.26. The summed E-state index contributed by atoms with van der Waals surface area (Å²) in [6.45, 7) is 2.44. The van der Waals surface area contributed by atoms with Crippen LogP contribution in [-0.4, -0.2) is 25.7 Å². The van der Waals surface area contributed by atoms with Crippen LogP contribution < -0.4 is 10.9 Å². The molecule has 3 rings (SSSR count). The lowest BCUT2D eigenvalue weighted by atomic mass is 10.1. The third kappa shape index (κ3) is 3.11. The van der Waals surface area contributed by atoms with Gasteiger partial charge in [-0.1, -0.05) is 25.5 Å². The maximum atomic E-state index is 12.9. The average Bonchev–Trinajstić information content (AvgIpc) is 2.64. The number of unbranched alkanes of at least 4 members (excludes halogenated alkanes) is 1. The Balaban J connectivity index is 2.14. The van der Waals surface area contributed by atoms with Crippen molar-refractivity contribution in [2.75, 3.05) is 5.32 Å². The molecule has 2 heterocycles. The third-order valence-electron chi connectivity index (χ3n) is 4.13. The van der Waals surface area contributed by atoms with Crippen LogP contribution in [0.2, 0.25) is 0 Å². The van der Waals surface area contributed by atoms with Crippen molar-refractivity contribution < 1.29 is 15.0 Å². The van der Waals surface area contributed by atoms with Crippen molar-refractivity contribution in [3.8, 4) is 11.5 Å². The van der Waals surface area contributed by atoms with E-state index in [2.05, 4.69) is 10.3 Å². The molecule has 0 aliphatic heterocycles. The summed E-state index contributed by atoms with van der Waals surface area (Å²) in [6, 6.07) is 9.76. The highest BCUT2D eigenvalue weighted by atomic mass is 16.3. The molecule has 134 valence electrons. The van der Waals surface area contributed by atoms with Crippen LogP contribution >= 0.6 is 0 Å². The largest absolute Gasteiger partial charge is 0.506 e. The van der Waals surface area contributed by atoms with Gasteiger partial charge in [-0.3, -0.25) is 9.59 Å². The lowest BCUT2D eigenvalue weighted by Crippen LogP contribution is -2.30. The lowest BCUT2D eigenvalue weighted by molar-refractivity contribution is 0.102. The first kappa shape index (κ1) is 17.5. The highest BCUT2D eigenvalue weighted by molar-refractivity contribution is 6.09. The van der Waals surface area contributed by atoms with Gasteiger partial charge in [0.1, 0.15) is 11.3 Å². The maximum absolute atomic E-state index is 12.9. The molecule has 3 aromatic rings. The zero-order valence-electron chi connectivity index (χ0n) is 14.3. The molecule has 7 heteroatoms. The van der Waals surface area contributed by atoms with E-state index in [1.807, 2.05) is 6.92 Å². The fraction of sp³-hybridized carbons (Fsp3) is 0.211. The van der Waals surface area contributed by atoms with Gasteiger partial charge in [0.2, 0.25) is 0 Å². The Hall–Kier alpha value is -3.35. The summed E-state index contributed by atoms with van der Waals surface area (Å²) in [7, 11) is 0. The maximum Gasteiger partial charge on any atom is 0.267 e. The summed E-state index contributed by atoms with van der Waals surface area (Å²) < 4.78 is 1.49. The molecule has 1 amide bonds. The highest BCUT2D eigenvalue weighted by Crippen LogP contribution is 2.27. The predicted octanol–water partition coefficient (Wildman–Crippen LogP) is 2.86. The van der Waals surface area contributed by atoms with Gasteiger partial charge in [-0.2, -0.15) is 0 Å². The number of amides is 1. The zero-order valence-corrected chi connectivity index (χ0v) is 14.3. The van der Waals surface area contributed by atoms with Gasteiger partial charge in [-0.15, -0.1) is 0 Å². The van der Waals surface area contributed by atoms with Gasteiger partial charge in [0.25, 0.3) is 11.5 Å².